The van der Waals surface area contributed by atoms with Crippen molar-refractivity contribution in [2.24, 2.45) is 0 Å². The largest absolute Gasteiger partial charge is 0.495 e. The Morgan fingerprint density at radius 2 is 1.54 bits per heavy atom. The van der Waals surface area contributed by atoms with Gasteiger partial charge in [0.2, 0.25) is 10.0 Å². The lowest BCUT2D eigenvalue weighted by Gasteiger charge is -2.22. The third-order valence-electron chi connectivity index (χ3n) is 4.45. The molecule has 2 N–H and O–H groups in total. The predicted molar refractivity (Wildman–Crippen MR) is 112 cm³/mol. The number of anilines is 1. The summed E-state index contributed by atoms with van der Waals surface area (Å²) >= 11 is 0. The highest BCUT2D eigenvalue weighted by atomic mass is 32.2. The number of ether oxygens (including phenoxy) is 1. The molecule has 5 nitrogen and oxygen atoms in total. The first-order valence-corrected chi connectivity index (χ1v) is 10.5. The zero-order valence-corrected chi connectivity index (χ0v) is 16.7. The molecule has 28 heavy (non-hydrogen) atoms. The summed E-state index contributed by atoms with van der Waals surface area (Å²) in [6, 6.07) is 23.8. The fraction of sp³-hybridized carbons (Fsp3) is 0.182. The maximum absolute atomic E-state index is 12.7. The topological polar surface area (TPSA) is 67.4 Å². The van der Waals surface area contributed by atoms with E-state index in [1.165, 1.54) is 0 Å². The second-order valence-corrected chi connectivity index (χ2v) is 8.24. The molecule has 0 radical (unpaired) electrons. The van der Waals surface area contributed by atoms with Gasteiger partial charge in [0.15, 0.2) is 0 Å². The molecule has 0 aliphatic heterocycles. The number of para-hydroxylation sites is 2. The molecule has 0 fully saturated rings. The van der Waals surface area contributed by atoms with Crippen molar-refractivity contribution in [3.05, 3.63) is 90.0 Å². The molecule has 0 unspecified atom stereocenters. The number of sulfonamides is 1. The Bertz CT molecular complexity index is 1000. The Kier molecular flexibility index (Phi) is 6.34. The summed E-state index contributed by atoms with van der Waals surface area (Å²) < 4.78 is 33.5. The zero-order valence-electron chi connectivity index (χ0n) is 15.9. The van der Waals surface area contributed by atoms with E-state index in [4.69, 9.17) is 4.74 Å². The minimum Gasteiger partial charge on any atom is -0.495 e. The number of benzene rings is 3. The van der Waals surface area contributed by atoms with Crippen LogP contribution in [0.3, 0.4) is 0 Å². The standard InChI is InChI=1S/C22H24N2O3S/c1-17-12-14-19(15-13-17)28(25,26)23-16-21(18-8-4-3-5-9-18)24-20-10-6-7-11-22(20)27-2/h3-15,21,23-24H,16H2,1-2H3/t21-/m1/s1. The summed E-state index contributed by atoms with van der Waals surface area (Å²) in [4.78, 5) is 0.252. The van der Waals surface area contributed by atoms with Gasteiger partial charge in [-0.15, -0.1) is 0 Å². The van der Waals surface area contributed by atoms with Crippen LogP contribution in [0.15, 0.2) is 83.8 Å². The molecule has 0 bridgehead atoms. The lowest BCUT2D eigenvalue weighted by atomic mass is 10.1. The Morgan fingerprint density at radius 3 is 2.21 bits per heavy atom. The summed E-state index contributed by atoms with van der Waals surface area (Å²) in [5, 5.41) is 3.40. The maximum Gasteiger partial charge on any atom is 0.240 e. The number of methoxy groups -OCH3 is 1. The van der Waals surface area contributed by atoms with Gasteiger partial charge in [-0.1, -0.05) is 60.2 Å². The minimum absolute atomic E-state index is 0.193. The molecule has 0 saturated heterocycles. The van der Waals surface area contributed by atoms with Crippen LogP contribution in [-0.4, -0.2) is 22.1 Å². The molecule has 6 heteroatoms. The van der Waals surface area contributed by atoms with Gasteiger partial charge in [-0.25, -0.2) is 13.1 Å². The lowest BCUT2D eigenvalue weighted by molar-refractivity contribution is 0.416. The van der Waals surface area contributed by atoms with E-state index in [1.807, 2.05) is 61.5 Å². The van der Waals surface area contributed by atoms with E-state index in [9.17, 15) is 8.42 Å². The second kappa shape index (κ2) is 8.91. The fourth-order valence-electron chi connectivity index (χ4n) is 2.88. The molecule has 3 aromatic carbocycles. The molecular weight excluding hydrogens is 372 g/mol. The van der Waals surface area contributed by atoms with Crippen molar-refractivity contribution in [1.82, 2.24) is 4.72 Å². The molecule has 0 amide bonds. The van der Waals surface area contributed by atoms with Crippen LogP contribution < -0.4 is 14.8 Å². The van der Waals surface area contributed by atoms with Crippen molar-refractivity contribution >= 4 is 15.7 Å². The predicted octanol–water partition coefficient (Wildman–Crippen LogP) is 4.14. The van der Waals surface area contributed by atoms with Gasteiger partial charge in [0.05, 0.1) is 23.7 Å². The van der Waals surface area contributed by atoms with Crippen LogP contribution in [-0.2, 0) is 10.0 Å². The van der Waals surface area contributed by atoms with Gasteiger partial charge in [0.25, 0.3) is 0 Å². The molecule has 0 saturated carbocycles. The van der Waals surface area contributed by atoms with Gasteiger partial charge < -0.3 is 10.1 Å². The third kappa shape index (κ3) is 4.91. The number of hydrogen-bond donors (Lipinski definition) is 2. The van der Waals surface area contributed by atoms with Crippen molar-refractivity contribution in [2.75, 3.05) is 19.0 Å². The van der Waals surface area contributed by atoms with Crippen molar-refractivity contribution in [3.8, 4) is 5.75 Å². The van der Waals surface area contributed by atoms with Gasteiger partial charge in [-0.3, -0.25) is 0 Å². The van der Waals surface area contributed by atoms with Crippen molar-refractivity contribution in [2.45, 2.75) is 17.9 Å². The van der Waals surface area contributed by atoms with Gasteiger partial charge in [-0.2, -0.15) is 0 Å². The molecule has 0 spiro atoms. The highest BCUT2D eigenvalue weighted by Gasteiger charge is 2.19. The van der Waals surface area contributed by atoms with E-state index < -0.39 is 10.0 Å². The maximum atomic E-state index is 12.7. The van der Waals surface area contributed by atoms with Crippen molar-refractivity contribution in [1.29, 1.82) is 0 Å². The lowest BCUT2D eigenvalue weighted by Crippen LogP contribution is -2.31. The van der Waals surface area contributed by atoms with Crippen LogP contribution >= 0.6 is 0 Å². The molecule has 3 aromatic rings. The van der Waals surface area contributed by atoms with E-state index in [-0.39, 0.29) is 17.5 Å². The summed E-state index contributed by atoms with van der Waals surface area (Å²) in [6.45, 7) is 2.12. The monoisotopic (exact) mass is 396 g/mol. The second-order valence-electron chi connectivity index (χ2n) is 6.47. The molecule has 0 aliphatic carbocycles. The van der Waals surface area contributed by atoms with Crippen LogP contribution in [0.5, 0.6) is 5.75 Å². The third-order valence-corrected chi connectivity index (χ3v) is 5.89. The first-order chi connectivity index (χ1) is 13.5. The van der Waals surface area contributed by atoms with Crippen molar-refractivity contribution in [3.63, 3.8) is 0 Å². The van der Waals surface area contributed by atoms with Crippen LogP contribution in [0.25, 0.3) is 0 Å². The summed E-state index contributed by atoms with van der Waals surface area (Å²) in [7, 11) is -2.00. The molecule has 146 valence electrons. The molecule has 0 aliphatic rings. The van der Waals surface area contributed by atoms with Crippen LogP contribution in [0.2, 0.25) is 0 Å². The van der Waals surface area contributed by atoms with Crippen LogP contribution in [0.4, 0.5) is 5.69 Å². The van der Waals surface area contributed by atoms with Gasteiger partial charge in [0, 0.05) is 6.54 Å². The van der Waals surface area contributed by atoms with E-state index in [0.717, 1.165) is 16.8 Å². The number of aryl methyl sites for hydroxylation is 1. The molecule has 3 rings (SSSR count). The summed E-state index contributed by atoms with van der Waals surface area (Å²) in [5.41, 5.74) is 2.78. The number of nitrogens with one attached hydrogen (secondary N) is 2. The first-order valence-electron chi connectivity index (χ1n) is 9.00. The number of rotatable bonds is 8. The van der Waals surface area contributed by atoms with Crippen LogP contribution in [0.1, 0.15) is 17.2 Å². The average molecular weight is 397 g/mol. The first kappa shape index (κ1) is 19.9. The Balaban J connectivity index is 1.83. The normalized spacial score (nSPS) is 12.4. The smallest absolute Gasteiger partial charge is 0.240 e. The van der Waals surface area contributed by atoms with E-state index in [2.05, 4.69) is 10.0 Å². The van der Waals surface area contributed by atoms with E-state index >= 15 is 0 Å². The highest BCUT2D eigenvalue weighted by molar-refractivity contribution is 7.89. The van der Waals surface area contributed by atoms with E-state index in [1.54, 1.807) is 31.4 Å². The molecule has 0 heterocycles. The molecule has 0 aromatic heterocycles. The Labute approximate surface area is 166 Å². The Hall–Kier alpha value is -2.83. The minimum atomic E-state index is -3.61. The average Bonchev–Trinajstić information content (AvgIpc) is 2.72. The van der Waals surface area contributed by atoms with Gasteiger partial charge >= 0.3 is 0 Å². The zero-order chi connectivity index (χ0) is 20.0. The molecule has 1 atom stereocenters. The van der Waals surface area contributed by atoms with Crippen molar-refractivity contribution < 1.29 is 13.2 Å². The summed E-state index contributed by atoms with van der Waals surface area (Å²) in [5.74, 6) is 0.699. The van der Waals surface area contributed by atoms with Gasteiger partial charge in [-0.05, 0) is 36.8 Å². The quantitative estimate of drug-likeness (QED) is 0.601. The van der Waals surface area contributed by atoms with Gasteiger partial charge in [0.1, 0.15) is 5.75 Å². The number of hydrogen-bond acceptors (Lipinski definition) is 4. The SMILES string of the molecule is COc1ccccc1N[C@H](CNS(=O)(=O)c1ccc(C)cc1)c1ccccc1. The fourth-order valence-corrected chi connectivity index (χ4v) is 3.93. The highest BCUT2D eigenvalue weighted by Crippen LogP contribution is 2.28. The van der Waals surface area contributed by atoms with E-state index in [0.29, 0.717) is 5.75 Å². The Morgan fingerprint density at radius 1 is 0.893 bits per heavy atom. The summed E-state index contributed by atoms with van der Waals surface area (Å²) in [6.07, 6.45) is 0. The van der Waals surface area contributed by atoms with Crippen LogP contribution in [0, 0.1) is 6.92 Å². The molecular formula is C22H24N2O3S.